The lowest BCUT2D eigenvalue weighted by molar-refractivity contribution is -0.139. The van der Waals surface area contributed by atoms with Gasteiger partial charge in [-0.3, -0.25) is 0 Å². The van der Waals surface area contributed by atoms with Crippen molar-refractivity contribution in [3.05, 3.63) is 35.2 Å². The van der Waals surface area contributed by atoms with Gasteiger partial charge < -0.3 is 5.32 Å². The van der Waals surface area contributed by atoms with Gasteiger partial charge in [0.2, 0.25) is 0 Å². The molecule has 1 N–H and O–H groups in total. The number of nitrogens with one attached hydrogen (secondary N) is 1. The molecule has 0 amide bonds. The van der Waals surface area contributed by atoms with E-state index in [4.69, 9.17) is 0 Å². The number of alkyl halides is 3. The molecule has 5 heteroatoms. The summed E-state index contributed by atoms with van der Waals surface area (Å²) in [6, 6.07) is 9.35. The van der Waals surface area contributed by atoms with E-state index < -0.39 is 18.6 Å². The molecule has 1 nitrogen and oxygen atoms in total. The SMILES string of the molecule is CC(CC(F)(F)F)NC(C)c1cc2ccccc2s1. The summed E-state index contributed by atoms with van der Waals surface area (Å²) in [5, 5.41) is 4.14. The first-order chi connectivity index (χ1) is 8.85. The second kappa shape index (κ2) is 5.51. The summed E-state index contributed by atoms with van der Waals surface area (Å²) in [6.45, 7) is 3.47. The van der Waals surface area contributed by atoms with Crippen LogP contribution in [0.1, 0.15) is 31.2 Å². The van der Waals surface area contributed by atoms with E-state index in [1.807, 2.05) is 37.3 Å². The fourth-order valence-electron chi connectivity index (χ4n) is 2.13. The molecule has 0 bridgehead atoms. The molecular weight excluding hydrogens is 271 g/mol. The predicted octanol–water partition coefficient (Wildman–Crippen LogP) is 4.89. The molecule has 0 saturated carbocycles. The maximum Gasteiger partial charge on any atom is 0.390 e. The molecule has 0 spiro atoms. The summed E-state index contributed by atoms with van der Waals surface area (Å²) >= 11 is 1.62. The van der Waals surface area contributed by atoms with E-state index in [0.717, 1.165) is 15.0 Å². The van der Waals surface area contributed by atoms with Gasteiger partial charge in [0.15, 0.2) is 0 Å². The molecular formula is C14H16F3NS. The second-order valence-electron chi connectivity index (χ2n) is 4.80. The van der Waals surface area contributed by atoms with Crippen LogP contribution in [-0.2, 0) is 0 Å². The highest BCUT2D eigenvalue weighted by atomic mass is 32.1. The van der Waals surface area contributed by atoms with Crippen LogP contribution >= 0.6 is 11.3 Å². The zero-order valence-corrected chi connectivity index (χ0v) is 11.6. The van der Waals surface area contributed by atoms with Crippen molar-refractivity contribution in [2.75, 3.05) is 0 Å². The molecule has 2 rings (SSSR count). The van der Waals surface area contributed by atoms with Gasteiger partial charge in [-0.05, 0) is 31.4 Å². The predicted molar refractivity (Wildman–Crippen MR) is 73.5 cm³/mol. The highest BCUT2D eigenvalue weighted by Crippen LogP contribution is 2.30. The Hall–Kier alpha value is -1.07. The van der Waals surface area contributed by atoms with Gasteiger partial charge in [0.25, 0.3) is 0 Å². The van der Waals surface area contributed by atoms with Crippen LogP contribution in [0, 0.1) is 0 Å². The van der Waals surface area contributed by atoms with Gasteiger partial charge in [0.1, 0.15) is 0 Å². The summed E-state index contributed by atoms with van der Waals surface area (Å²) in [6.07, 6.45) is -4.92. The minimum absolute atomic E-state index is 0.0743. The number of hydrogen-bond donors (Lipinski definition) is 1. The Morgan fingerprint density at radius 1 is 1.21 bits per heavy atom. The molecule has 1 heterocycles. The Kier molecular flexibility index (Phi) is 4.16. The zero-order valence-electron chi connectivity index (χ0n) is 10.8. The van der Waals surface area contributed by atoms with Gasteiger partial charge in [0.05, 0.1) is 6.42 Å². The molecule has 1 aromatic heterocycles. The molecule has 19 heavy (non-hydrogen) atoms. The molecule has 2 atom stereocenters. The fraction of sp³-hybridized carbons (Fsp3) is 0.429. The van der Waals surface area contributed by atoms with Gasteiger partial charge in [0, 0.05) is 21.7 Å². The van der Waals surface area contributed by atoms with E-state index in [1.54, 1.807) is 18.3 Å². The quantitative estimate of drug-likeness (QED) is 0.844. The minimum atomic E-state index is -4.12. The van der Waals surface area contributed by atoms with E-state index in [2.05, 4.69) is 5.32 Å². The average molecular weight is 287 g/mol. The van der Waals surface area contributed by atoms with Crippen LogP contribution in [0.2, 0.25) is 0 Å². The molecule has 2 unspecified atom stereocenters. The van der Waals surface area contributed by atoms with Crippen molar-refractivity contribution in [1.29, 1.82) is 0 Å². The Morgan fingerprint density at radius 2 is 1.89 bits per heavy atom. The van der Waals surface area contributed by atoms with Crippen LogP contribution in [0.3, 0.4) is 0 Å². The summed E-state index contributed by atoms with van der Waals surface area (Å²) in [4.78, 5) is 1.07. The molecule has 0 radical (unpaired) electrons. The number of fused-ring (bicyclic) bond motifs is 1. The average Bonchev–Trinajstić information content (AvgIpc) is 2.69. The minimum Gasteiger partial charge on any atom is -0.307 e. The van der Waals surface area contributed by atoms with Crippen LogP contribution in [0.25, 0.3) is 10.1 Å². The maximum atomic E-state index is 12.3. The monoisotopic (exact) mass is 287 g/mol. The number of halogens is 3. The van der Waals surface area contributed by atoms with Crippen molar-refractivity contribution in [2.45, 2.75) is 38.5 Å². The number of rotatable bonds is 4. The Bertz CT molecular complexity index is 514. The molecule has 0 aliphatic carbocycles. The summed E-state index contributed by atoms with van der Waals surface area (Å²) in [7, 11) is 0. The Morgan fingerprint density at radius 3 is 2.53 bits per heavy atom. The van der Waals surface area contributed by atoms with Crippen LogP contribution < -0.4 is 5.32 Å². The standard InChI is InChI=1S/C14H16F3NS/c1-9(8-14(15,16)17)18-10(2)13-7-11-5-3-4-6-12(11)19-13/h3-7,9-10,18H,8H2,1-2H3. The van der Waals surface area contributed by atoms with Crippen molar-refractivity contribution >= 4 is 21.4 Å². The largest absolute Gasteiger partial charge is 0.390 e. The maximum absolute atomic E-state index is 12.3. The van der Waals surface area contributed by atoms with E-state index in [-0.39, 0.29) is 6.04 Å². The van der Waals surface area contributed by atoms with Crippen molar-refractivity contribution in [1.82, 2.24) is 5.32 Å². The Labute approximate surface area is 114 Å². The van der Waals surface area contributed by atoms with E-state index in [1.165, 1.54) is 0 Å². The first-order valence-corrected chi connectivity index (χ1v) is 6.98. The normalized spacial score (nSPS) is 15.6. The van der Waals surface area contributed by atoms with E-state index in [0.29, 0.717) is 0 Å². The highest BCUT2D eigenvalue weighted by molar-refractivity contribution is 7.19. The van der Waals surface area contributed by atoms with E-state index >= 15 is 0 Å². The van der Waals surface area contributed by atoms with Gasteiger partial charge in [-0.2, -0.15) is 13.2 Å². The molecule has 0 aliphatic rings. The molecule has 0 aliphatic heterocycles. The summed E-state index contributed by atoms with van der Waals surface area (Å²) in [5.41, 5.74) is 0. The third-order valence-electron chi connectivity index (χ3n) is 2.94. The van der Waals surface area contributed by atoms with Crippen LogP contribution in [0.15, 0.2) is 30.3 Å². The van der Waals surface area contributed by atoms with Crippen LogP contribution in [0.5, 0.6) is 0 Å². The molecule has 1 aromatic carbocycles. The van der Waals surface area contributed by atoms with Gasteiger partial charge in [-0.25, -0.2) is 0 Å². The Balaban J connectivity index is 2.05. The van der Waals surface area contributed by atoms with Crippen molar-refractivity contribution < 1.29 is 13.2 Å². The van der Waals surface area contributed by atoms with Crippen LogP contribution in [0.4, 0.5) is 13.2 Å². The molecule has 2 aromatic rings. The van der Waals surface area contributed by atoms with Crippen molar-refractivity contribution in [3.8, 4) is 0 Å². The molecule has 0 saturated heterocycles. The topological polar surface area (TPSA) is 12.0 Å². The lowest BCUT2D eigenvalue weighted by atomic mass is 10.1. The lowest BCUT2D eigenvalue weighted by Gasteiger charge is -2.20. The smallest absolute Gasteiger partial charge is 0.307 e. The number of thiophene rings is 1. The third-order valence-corrected chi connectivity index (χ3v) is 4.24. The van der Waals surface area contributed by atoms with Gasteiger partial charge >= 0.3 is 6.18 Å². The van der Waals surface area contributed by atoms with Crippen molar-refractivity contribution in [3.63, 3.8) is 0 Å². The van der Waals surface area contributed by atoms with Crippen molar-refractivity contribution in [2.24, 2.45) is 0 Å². The van der Waals surface area contributed by atoms with Crippen LogP contribution in [-0.4, -0.2) is 12.2 Å². The zero-order chi connectivity index (χ0) is 14.0. The fourth-order valence-corrected chi connectivity index (χ4v) is 3.21. The number of benzene rings is 1. The first kappa shape index (κ1) is 14.3. The lowest BCUT2D eigenvalue weighted by Crippen LogP contribution is -2.32. The van der Waals surface area contributed by atoms with Gasteiger partial charge in [-0.15, -0.1) is 11.3 Å². The number of hydrogen-bond acceptors (Lipinski definition) is 2. The third kappa shape index (κ3) is 3.94. The van der Waals surface area contributed by atoms with E-state index in [9.17, 15) is 13.2 Å². The summed E-state index contributed by atoms with van der Waals surface area (Å²) < 4.78 is 38.0. The first-order valence-electron chi connectivity index (χ1n) is 6.16. The molecule has 104 valence electrons. The summed E-state index contributed by atoms with van der Waals surface area (Å²) in [5.74, 6) is 0. The molecule has 0 fully saturated rings. The van der Waals surface area contributed by atoms with Gasteiger partial charge in [-0.1, -0.05) is 18.2 Å². The highest BCUT2D eigenvalue weighted by Gasteiger charge is 2.30. The second-order valence-corrected chi connectivity index (χ2v) is 5.91.